The highest BCUT2D eigenvalue weighted by Gasteiger charge is 2.27. The topological polar surface area (TPSA) is 38.3 Å². The van der Waals surface area contributed by atoms with Crippen LogP contribution in [0.15, 0.2) is 22.7 Å². The summed E-state index contributed by atoms with van der Waals surface area (Å²) in [4.78, 5) is 10.8. The SMILES string of the molecule is O=C1NC(c2c(F)cccc2Br)CO1. The highest BCUT2D eigenvalue weighted by molar-refractivity contribution is 9.10. The molecule has 0 saturated carbocycles. The second kappa shape index (κ2) is 3.57. The molecule has 1 fully saturated rings. The van der Waals surface area contributed by atoms with Crippen LogP contribution in [0.5, 0.6) is 0 Å². The van der Waals surface area contributed by atoms with E-state index in [0.29, 0.717) is 10.0 Å². The minimum absolute atomic E-state index is 0.165. The maximum atomic E-state index is 13.4. The molecule has 0 bridgehead atoms. The van der Waals surface area contributed by atoms with E-state index in [4.69, 9.17) is 4.74 Å². The molecule has 1 aliphatic rings. The van der Waals surface area contributed by atoms with Crippen molar-refractivity contribution < 1.29 is 13.9 Å². The molecule has 14 heavy (non-hydrogen) atoms. The molecule has 5 heteroatoms. The lowest BCUT2D eigenvalue weighted by atomic mass is 10.1. The maximum absolute atomic E-state index is 13.4. The van der Waals surface area contributed by atoms with Gasteiger partial charge in [-0.25, -0.2) is 9.18 Å². The molecular formula is C9H7BrFNO2. The number of nitrogens with one attached hydrogen (secondary N) is 1. The van der Waals surface area contributed by atoms with Gasteiger partial charge in [0.25, 0.3) is 0 Å². The summed E-state index contributed by atoms with van der Waals surface area (Å²) in [6, 6.07) is 4.27. The molecule has 0 spiro atoms. The van der Waals surface area contributed by atoms with E-state index in [9.17, 15) is 9.18 Å². The molecule has 1 atom stereocenters. The number of carbonyl (C=O) groups is 1. The average Bonchev–Trinajstić information content (AvgIpc) is 2.51. The summed E-state index contributed by atoms with van der Waals surface area (Å²) in [6.45, 7) is 0.165. The molecule has 1 heterocycles. The highest BCUT2D eigenvalue weighted by atomic mass is 79.9. The minimum atomic E-state index is -0.509. The van der Waals surface area contributed by atoms with Gasteiger partial charge in [0.1, 0.15) is 12.4 Å². The third-order valence-corrected chi connectivity index (χ3v) is 2.71. The van der Waals surface area contributed by atoms with Crippen molar-refractivity contribution in [3.8, 4) is 0 Å². The van der Waals surface area contributed by atoms with Crippen LogP contribution in [0.1, 0.15) is 11.6 Å². The van der Waals surface area contributed by atoms with Crippen LogP contribution in [0.4, 0.5) is 9.18 Å². The van der Waals surface area contributed by atoms with Gasteiger partial charge < -0.3 is 10.1 Å². The molecule has 0 aromatic heterocycles. The predicted molar refractivity (Wildman–Crippen MR) is 51.3 cm³/mol. The first kappa shape index (κ1) is 9.45. The molecule has 1 saturated heterocycles. The van der Waals surface area contributed by atoms with E-state index in [1.165, 1.54) is 6.07 Å². The van der Waals surface area contributed by atoms with Crippen LogP contribution in [0, 0.1) is 5.82 Å². The Morgan fingerprint density at radius 3 is 2.93 bits per heavy atom. The Balaban J connectivity index is 2.36. The van der Waals surface area contributed by atoms with Crippen LogP contribution in [-0.2, 0) is 4.74 Å². The Labute approximate surface area is 88.4 Å². The Hall–Kier alpha value is -1.10. The van der Waals surface area contributed by atoms with E-state index >= 15 is 0 Å². The zero-order chi connectivity index (χ0) is 10.1. The van der Waals surface area contributed by atoms with Gasteiger partial charge in [0, 0.05) is 10.0 Å². The fourth-order valence-electron chi connectivity index (χ4n) is 1.38. The van der Waals surface area contributed by atoms with Crippen LogP contribution >= 0.6 is 15.9 Å². The normalized spacial score (nSPS) is 20.4. The first-order valence-corrected chi connectivity index (χ1v) is 4.85. The number of benzene rings is 1. The molecule has 1 N–H and O–H groups in total. The van der Waals surface area contributed by atoms with Gasteiger partial charge >= 0.3 is 6.09 Å². The number of carbonyl (C=O) groups excluding carboxylic acids is 1. The molecule has 74 valence electrons. The van der Waals surface area contributed by atoms with Gasteiger partial charge in [-0.3, -0.25) is 0 Å². The number of hydrogen-bond donors (Lipinski definition) is 1. The summed E-state index contributed by atoms with van der Waals surface area (Å²) in [5.41, 5.74) is 0.429. The molecule has 3 nitrogen and oxygen atoms in total. The van der Waals surface area contributed by atoms with Crippen LogP contribution in [0.25, 0.3) is 0 Å². The fourth-order valence-corrected chi connectivity index (χ4v) is 2.00. The number of alkyl carbamates (subject to hydrolysis) is 1. The summed E-state index contributed by atoms with van der Waals surface area (Å²) < 4.78 is 18.7. The quantitative estimate of drug-likeness (QED) is 0.841. The largest absolute Gasteiger partial charge is 0.447 e. The van der Waals surface area contributed by atoms with Gasteiger partial charge in [0.2, 0.25) is 0 Å². The van der Waals surface area contributed by atoms with Crippen molar-refractivity contribution in [3.05, 3.63) is 34.1 Å². The number of amides is 1. The summed E-state index contributed by atoms with van der Waals surface area (Å²) in [7, 11) is 0. The van der Waals surface area contributed by atoms with E-state index in [-0.39, 0.29) is 12.4 Å². The number of ether oxygens (including phenoxy) is 1. The average molecular weight is 260 g/mol. The first-order chi connectivity index (χ1) is 6.68. The number of halogens is 2. The Morgan fingerprint density at radius 1 is 1.57 bits per heavy atom. The van der Waals surface area contributed by atoms with E-state index < -0.39 is 12.1 Å². The minimum Gasteiger partial charge on any atom is -0.447 e. The lowest BCUT2D eigenvalue weighted by Gasteiger charge is -2.10. The van der Waals surface area contributed by atoms with Crippen LogP contribution in [0.2, 0.25) is 0 Å². The van der Waals surface area contributed by atoms with E-state index in [2.05, 4.69) is 21.2 Å². The van der Waals surface area contributed by atoms with Crippen molar-refractivity contribution in [2.24, 2.45) is 0 Å². The molecule has 1 aromatic rings. The Bertz CT molecular complexity index is 363. The van der Waals surface area contributed by atoms with Crippen molar-refractivity contribution >= 4 is 22.0 Å². The summed E-state index contributed by atoms with van der Waals surface area (Å²) in [6.07, 6.45) is -0.509. The van der Waals surface area contributed by atoms with Gasteiger partial charge in [-0.1, -0.05) is 22.0 Å². The standard InChI is InChI=1S/C9H7BrFNO2/c10-5-2-1-3-6(11)8(5)7-4-14-9(13)12-7/h1-3,7H,4H2,(H,12,13). The van der Waals surface area contributed by atoms with Crippen molar-refractivity contribution in [1.29, 1.82) is 0 Å². The first-order valence-electron chi connectivity index (χ1n) is 4.05. The van der Waals surface area contributed by atoms with Crippen LogP contribution < -0.4 is 5.32 Å². The van der Waals surface area contributed by atoms with Gasteiger partial charge in [-0.2, -0.15) is 0 Å². The second-order valence-corrected chi connectivity index (χ2v) is 3.79. The molecular weight excluding hydrogens is 253 g/mol. The molecule has 1 amide bonds. The zero-order valence-corrected chi connectivity index (χ0v) is 8.67. The molecule has 1 aromatic carbocycles. The molecule has 1 aliphatic heterocycles. The lowest BCUT2D eigenvalue weighted by molar-refractivity contribution is 0.176. The van der Waals surface area contributed by atoms with Gasteiger partial charge in [0.05, 0.1) is 6.04 Å². The Kier molecular flexibility index (Phi) is 2.41. The summed E-state index contributed by atoms with van der Waals surface area (Å²) in [5, 5.41) is 2.52. The van der Waals surface area contributed by atoms with E-state index in [1.807, 2.05) is 0 Å². The van der Waals surface area contributed by atoms with Gasteiger partial charge in [-0.15, -0.1) is 0 Å². The molecule has 2 rings (SSSR count). The third-order valence-electron chi connectivity index (χ3n) is 2.02. The molecule has 0 radical (unpaired) electrons. The smallest absolute Gasteiger partial charge is 0.407 e. The van der Waals surface area contributed by atoms with Crippen LogP contribution in [0.3, 0.4) is 0 Å². The second-order valence-electron chi connectivity index (χ2n) is 2.93. The van der Waals surface area contributed by atoms with Crippen molar-refractivity contribution in [3.63, 3.8) is 0 Å². The fraction of sp³-hybridized carbons (Fsp3) is 0.222. The van der Waals surface area contributed by atoms with Crippen molar-refractivity contribution in [2.45, 2.75) is 6.04 Å². The number of hydrogen-bond acceptors (Lipinski definition) is 2. The molecule has 1 unspecified atom stereocenters. The maximum Gasteiger partial charge on any atom is 0.407 e. The van der Waals surface area contributed by atoms with Crippen molar-refractivity contribution in [1.82, 2.24) is 5.32 Å². The zero-order valence-electron chi connectivity index (χ0n) is 7.09. The highest BCUT2D eigenvalue weighted by Crippen LogP contribution is 2.28. The number of rotatable bonds is 1. The summed E-state index contributed by atoms with van der Waals surface area (Å²) >= 11 is 3.23. The summed E-state index contributed by atoms with van der Waals surface area (Å²) in [5.74, 6) is -0.352. The van der Waals surface area contributed by atoms with Gasteiger partial charge in [-0.05, 0) is 12.1 Å². The van der Waals surface area contributed by atoms with Gasteiger partial charge in [0.15, 0.2) is 0 Å². The van der Waals surface area contributed by atoms with Crippen molar-refractivity contribution in [2.75, 3.05) is 6.61 Å². The molecule has 0 aliphatic carbocycles. The number of cyclic esters (lactones) is 1. The predicted octanol–water partition coefficient (Wildman–Crippen LogP) is 2.37. The third kappa shape index (κ3) is 1.59. The Morgan fingerprint density at radius 2 is 2.36 bits per heavy atom. The monoisotopic (exact) mass is 259 g/mol. The van der Waals surface area contributed by atoms with E-state index in [1.54, 1.807) is 12.1 Å². The van der Waals surface area contributed by atoms with Crippen LogP contribution in [-0.4, -0.2) is 12.7 Å². The lowest BCUT2D eigenvalue weighted by Crippen LogP contribution is -2.19. The van der Waals surface area contributed by atoms with E-state index in [0.717, 1.165) is 0 Å².